The SMILES string of the molecule is C.CC.Cc1ccccc1.Cc1ccccc1C.c1ccc2ccccc2c1.c1ccccc1. The molecule has 0 spiro atoms. The van der Waals surface area contributed by atoms with Crippen molar-refractivity contribution in [2.75, 3.05) is 0 Å². The maximum atomic E-state index is 2.12. The van der Waals surface area contributed by atoms with Gasteiger partial charge in [0.15, 0.2) is 0 Å². The van der Waals surface area contributed by atoms with Crippen LogP contribution < -0.4 is 0 Å². The van der Waals surface area contributed by atoms with E-state index in [4.69, 9.17) is 0 Å². The lowest BCUT2D eigenvalue weighted by molar-refractivity contribution is 1.34. The Bertz CT molecular complexity index is 983. The van der Waals surface area contributed by atoms with Gasteiger partial charge in [-0.3, -0.25) is 0 Å². The van der Waals surface area contributed by atoms with Crippen LogP contribution >= 0.6 is 0 Å². The molecular weight excluding hydrogens is 408 g/mol. The average molecular weight is 451 g/mol. The summed E-state index contributed by atoms with van der Waals surface area (Å²) in [5.41, 5.74) is 4.06. The summed E-state index contributed by atoms with van der Waals surface area (Å²) >= 11 is 0. The maximum absolute atomic E-state index is 2.12. The van der Waals surface area contributed by atoms with Crippen molar-refractivity contribution >= 4 is 10.8 Å². The monoisotopic (exact) mass is 450 g/mol. The summed E-state index contributed by atoms with van der Waals surface area (Å²) in [4.78, 5) is 0. The Morgan fingerprint density at radius 3 is 0.794 bits per heavy atom. The van der Waals surface area contributed by atoms with Crippen LogP contribution in [0.15, 0.2) is 140 Å². The first-order valence-corrected chi connectivity index (χ1v) is 11.6. The molecule has 178 valence electrons. The maximum Gasteiger partial charge on any atom is -0.0184 e. The standard InChI is InChI=1S/C10H8.C8H10.C7H8.C6H6.C2H6.CH4/c1-2-6-10-8-4-3-7-9(10)5-1;1-7-5-3-4-6-8(7)2;1-7-5-3-2-4-6-7;1-2-4-6-5-3-1;1-2;/h1-8H;3-6H,1-2H3;2-6H,1H3;1-6H;1-2H3;1H4. The van der Waals surface area contributed by atoms with Crippen molar-refractivity contribution in [2.45, 2.75) is 42.0 Å². The van der Waals surface area contributed by atoms with Gasteiger partial charge in [0, 0.05) is 0 Å². The van der Waals surface area contributed by atoms with E-state index >= 15 is 0 Å². The highest BCUT2D eigenvalue weighted by Gasteiger charge is 1.85. The summed E-state index contributed by atoms with van der Waals surface area (Å²) in [6.07, 6.45) is 0. The lowest BCUT2D eigenvalue weighted by Gasteiger charge is -1.93. The van der Waals surface area contributed by atoms with E-state index in [1.54, 1.807) is 0 Å². The highest BCUT2D eigenvalue weighted by atomic mass is 13.9. The molecule has 0 atom stereocenters. The van der Waals surface area contributed by atoms with Crippen molar-refractivity contribution in [1.29, 1.82) is 0 Å². The zero-order chi connectivity index (χ0) is 24.2. The van der Waals surface area contributed by atoms with E-state index in [1.807, 2.05) is 68.4 Å². The Labute approximate surface area is 209 Å². The summed E-state index contributed by atoms with van der Waals surface area (Å²) in [7, 11) is 0. The number of benzene rings is 5. The lowest BCUT2D eigenvalue weighted by atomic mass is 10.1. The van der Waals surface area contributed by atoms with Crippen molar-refractivity contribution in [1.82, 2.24) is 0 Å². The summed E-state index contributed by atoms with van der Waals surface area (Å²) in [6.45, 7) is 10.3. The Balaban J connectivity index is 0.000000419. The van der Waals surface area contributed by atoms with E-state index in [1.165, 1.54) is 27.5 Å². The van der Waals surface area contributed by atoms with E-state index in [2.05, 4.69) is 106 Å². The highest BCUT2D eigenvalue weighted by Crippen LogP contribution is 2.11. The molecule has 0 aliphatic heterocycles. The first-order valence-electron chi connectivity index (χ1n) is 11.6. The molecular formula is C34H42. The Morgan fingerprint density at radius 1 is 0.324 bits per heavy atom. The van der Waals surface area contributed by atoms with Gasteiger partial charge in [-0.15, -0.1) is 0 Å². The van der Waals surface area contributed by atoms with E-state index in [9.17, 15) is 0 Å². The van der Waals surface area contributed by atoms with Crippen LogP contribution in [0.2, 0.25) is 0 Å². The third-order valence-electron chi connectivity index (χ3n) is 4.69. The van der Waals surface area contributed by atoms with Crippen LogP contribution in [0.5, 0.6) is 0 Å². The van der Waals surface area contributed by atoms with Crippen molar-refractivity contribution in [3.8, 4) is 0 Å². The number of rotatable bonds is 0. The Hall–Kier alpha value is -3.64. The normalized spacial score (nSPS) is 8.50. The van der Waals surface area contributed by atoms with E-state index in [0.717, 1.165) is 0 Å². The molecule has 0 bridgehead atoms. The fraction of sp³-hybridized carbons (Fsp3) is 0.176. The third kappa shape index (κ3) is 13.7. The molecule has 0 fully saturated rings. The van der Waals surface area contributed by atoms with Gasteiger partial charge in [0.25, 0.3) is 0 Å². The van der Waals surface area contributed by atoms with Crippen molar-refractivity contribution < 1.29 is 0 Å². The molecule has 0 aromatic heterocycles. The predicted octanol–water partition coefficient (Wildman–Crippen LogP) is 10.5. The molecule has 0 unspecified atom stereocenters. The molecule has 0 nitrogen and oxygen atoms in total. The Morgan fingerprint density at radius 2 is 0.559 bits per heavy atom. The topological polar surface area (TPSA) is 0 Å². The van der Waals surface area contributed by atoms with E-state index in [-0.39, 0.29) is 7.43 Å². The fourth-order valence-corrected chi connectivity index (χ4v) is 2.71. The van der Waals surface area contributed by atoms with Gasteiger partial charge in [-0.2, -0.15) is 0 Å². The number of hydrogen-bond donors (Lipinski definition) is 0. The zero-order valence-electron chi connectivity index (χ0n) is 20.8. The molecule has 5 rings (SSSR count). The molecule has 0 heterocycles. The second kappa shape index (κ2) is 20.0. The van der Waals surface area contributed by atoms with Gasteiger partial charge in [0.1, 0.15) is 0 Å². The van der Waals surface area contributed by atoms with Crippen LogP contribution in [-0.2, 0) is 0 Å². The van der Waals surface area contributed by atoms with Gasteiger partial charge in [0.05, 0.1) is 0 Å². The minimum Gasteiger partial charge on any atom is -0.0776 e. The largest absolute Gasteiger partial charge is 0.0776 e. The van der Waals surface area contributed by atoms with Gasteiger partial charge in [-0.25, -0.2) is 0 Å². The van der Waals surface area contributed by atoms with Crippen LogP contribution in [0.1, 0.15) is 38.0 Å². The third-order valence-corrected chi connectivity index (χ3v) is 4.69. The molecule has 0 amide bonds. The Kier molecular flexibility index (Phi) is 17.9. The van der Waals surface area contributed by atoms with Crippen LogP contribution in [0.3, 0.4) is 0 Å². The molecule has 0 heteroatoms. The summed E-state index contributed by atoms with van der Waals surface area (Å²) in [5, 5.41) is 2.62. The molecule has 0 N–H and O–H groups in total. The van der Waals surface area contributed by atoms with Gasteiger partial charge >= 0.3 is 0 Å². The quantitative estimate of drug-likeness (QED) is 0.220. The average Bonchev–Trinajstić information content (AvgIpc) is 2.90. The van der Waals surface area contributed by atoms with Crippen molar-refractivity contribution in [3.63, 3.8) is 0 Å². The smallest absolute Gasteiger partial charge is 0.0184 e. The van der Waals surface area contributed by atoms with Gasteiger partial charge < -0.3 is 0 Å². The first kappa shape index (κ1) is 30.4. The van der Waals surface area contributed by atoms with Crippen molar-refractivity contribution in [3.05, 3.63) is 156 Å². The summed E-state index contributed by atoms with van der Waals surface area (Å²) in [6, 6.07) is 47.3. The number of fused-ring (bicyclic) bond motifs is 1. The lowest BCUT2D eigenvalue weighted by Crippen LogP contribution is -1.74. The van der Waals surface area contributed by atoms with Crippen LogP contribution in [0.4, 0.5) is 0 Å². The number of hydrogen-bond acceptors (Lipinski definition) is 0. The van der Waals surface area contributed by atoms with Crippen molar-refractivity contribution in [2.24, 2.45) is 0 Å². The first-order chi connectivity index (χ1) is 16.2. The van der Waals surface area contributed by atoms with Crippen LogP contribution in [0, 0.1) is 20.8 Å². The molecule has 0 saturated heterocycles. The highest BCUT2D eigenvalue weighted by molar-refractivity contribution is 5.82. The van der Waals surface area contributed by atoms with Crippen LogP contribution in [-0.4, -0.2) is 0 Å². The second-order valence-electron chi connectivity index (χ2n) is 7.24. The molecule has 34 heavy (non-hydrogen) atoms. The van der Waals surface area contributed by atoms with Gasteiger partial charge in [0.2, 0.25) is 0 Å². The van der Waals surface area contributed by atoms with E-state index in [0.29, 0.717) is 0 Å². The predicted molar refractivity (Wildman–Crippen MR) is 156 cm³/mol. The fourth-order valence-electron chi connectivity index (χ4n) is 2.71. The van der Waals surface area contributed by atoms with E-state index < -0.39 is 0 Å². The molecule has 0 aliphatic carbocycles. The molecule has 0 aliphatic rings. The summed E-state index contributed by atoms with van der Waals surface area (Å²) < 4.78 is 0. The minimum absolute atomic E-state index is 0. The van der Waals surface area contributed by atoms with Gasteiger partial charge in [-0.05, 0) is 42.7 Å². The zero-order valence-corrected chi connectivity index (χ0v) is 20.8. The summed E-state index contributed by atoms with van der Waals surface area (Å²) in [5.74, 6) is 0. The number of aryl methyl sites for hydroxylation is 3. The molecule has 0 radical (unpaired) electrons. The van der Waals surface area contributed by atoms with Gasteiger partial charge in [-0.1, -0.05) is 166 Å². The van der Waals surface area contributed by atoms with Crippen LogP contribution in [0.25, 0.3) is 10.8 Å². The molecule has 5 aromatic rings. The molecule has 5 aromatic carbocycles. The molecule has 0 saturated carbocycles. The second-order valence-corrected chi connectivity index (χ2v) is 7.24. The minimum atomic E-state index is 0.